The second-order valence-corrected chi connectivity index (χ2v) is 11.2. The Kier molecular flexibility index (Phi) is 10.4. The van der Waals surface area contributed by atoms with Crippen LogP contribution in [-0.2, 0) is 17.5 Å². The van der Waals surface area contributed by atoms with Crippen LogP contribution in [0.5, 0.6) is 5.75 Å². The number of piperidine rings is 1. The van der Waals surface area contributed by atoms with Crippen LogP contribution in [0.3, 0.4) is 0 Å². The number of hydrogen-bond donors (Lipinski definition) is 1. The van der Waals surface area contributed by atoms with Gasteiger partial charge in [0.05, 0.1) is 16.5 Å². The lowest BCUT2D eigenvalue weighted by molar-refractivity contribution is -0.143. The molecule has 0 bridgehead atoms. The summed E-state index contributed by atoms with van der Waals surface area (Å²) in [6.07, 6.45) is -1.92. The Morgan fingerprint density at radius 2 is 1.98 bits per heavy atom. The molecule has 0 spiro atoms. The van der Waals surface area contributed by atoms with Crippen molar-refractivity contribution < 1.29 is 32.2 Å². The Balaban J connectivity index is 1.48. The summed E-state index contributed by atoms with van der Waals surface area (Å²) in [6.45, 7) is 4.46. The van der Waals surface area contributed by atoms with E-state index in [1.165, 1.54) is 18.2 Å². The Morgan fingerprint density at radius 1 is 1.22 bits per heavy atom. The minimum Gasteiger partial charge on any atom is -0.492 e. The van der Waals surface area contributed by atoms with Crippen molar-refractivity contribution in [2.75, 3.05) is 37.7 Å². The van der Waals surface area contributed by atoms with E-state index in [1.807, 2.05) is 16.7 Å². The van der Waals surface area contributed by atoms with Gasteiger partial charge in [0.1, 0.15) is 23.2 Å². The summed E-state index contributed by atoms with van der Waals surface area (Å²) in [5.41, 5.74) is -0.0826. The van der Waals surface area contributed by atoms with Gasteiger partial charge in [-0.15, -0.1) is 10.2 Å². The standard InChI is InChI=1S/C28H31ClF4N4O3S/c1-2-3-11-37(17-20-5-4-6-22(30)24(20)29)27-35-34-25(41-27)19-7-8-23(21(16-19)28(31,32)33)40-15-14-36-12-9-18(10-13-36)26(38)39/h4-8,16,18H,2-3,9-15,17H2,1H3,(H,38,39). The summed E-state index contributed by atoms with van der Waals surface area (Å²) in [5, 5.41) is 18.3. The highest BCUT2D eigenvalue weighted by atomic mass is 35.5. The first kappa shape index (κ1) is 31.0. The molecule has 0 aliphatic carbocycles. The molecule has 0 radical (unpaired) electrons. The van der Waals surface area contributed by atoms with Crippen LogP contribution >= 0.6 is 22.9 Å². The average Bonchev–Trinajstić information content (AvgIpc) is 3.43. The fraction of sp³-hybridized carbons (Fsp3) is 0.464. The highest BCUT2D eigenvalue weighted by Crippen LogP contribution is 2.40. The summed E-state index contributed by atoms with van der Waals surface area (Å²) in [7, 11) is 0. The van der Waals surface area contributed by atoms with Crippen LogP contribution in [0.25, 0.3) is 10.6 Å². The highest BCUT2D eigenvalue weighted by Gasteiger charge is 2.35. The lowest BCUT2D eigenvalue weighted by atomic mass is 9.97. The third-order valence-corrected chi connectivity index (χ3v) is 8.45. The number of ether oxygens (including phenoxy) is 1. The van der Waals surface area contributed by atoms with Crippen LogP contribution < -0.4 is 9.64 Å². The van der Waals surface area contributed by atoms with Crippen LogP contribution in [0.1, 0.15) is 43.7 Å². The molecule has 0 saturated carbocycles. The zero-order valence-corrected chi connectivity index (χ0v) is 24.0. The topological polar surface area (TPSA) is 78.8 Å². The molecule has 1 fully saturated rings. The second-order valence-electron chi connectivity index (χ2n) is 9.89. The molecule has 1 aliphatic rings. The maximum atomic E-state index is 14.0. The Morgan fingerprint density at radius 3 is 2.66 bits per heavy atom. The molecular formula is C28H31ClF4N4O3S. The summed E-state index contributed by atoms with van der Waals surface area (Å²) in [5.74, 6) is -2.00. The number of carboxylic acid groups (broad SMARTS) is 1. The van der Waals surface area contributed by atoms with E-state index in [0.717, 1.165) is 30.2 Å². The largest absolute Gasteiger partial charge is 0.492 e. The zero-order valence-electron chi connectivity index (χ0n) is 22.5. The summed E-state index contributed by atoms with van der Waals surface area (Å²) < 4.78 is 61.5. The van der Waals surface area contributed by atoms with Gasteiger partial charge in [0.15, 0.2) is 0 Å². The maximum Gasteiger partial charge on any atom is 0.419 e. The molecule has 1 aliphatic heterocycles. The van der Waals surface area contributed by atoms with Crippen molar-refractivity contribution in [2.24, 2.45) is 5.92 Å². The van der Waals surface area contributed by atoms with Gasteiger partial charge >= 0.3 is 12.1 Å². The van der Waals surface area contributed by atoms with E-state index < -0.39 is 23.5 Å². The molecule has 13 heteroatoms. The molecule has 1 aromatic heterocycles. The number of carbonyl (C=O) groups is 1. The van der Waals surface area contributed by atoms with Gasteiger partial charge in [-0.05, 0) is 62.2 Å². The van der Waals surface area contributed by atoms with Crippen LogP contribution in [0.15, 0.2) is 36.4 Å². The first-order valence-corrected chi connectivity index (χ1v) is 14.6. The van der Waals surface area contributed by atoms with E-state index in [-0.39, 0.29) is 35.4 Å². The molecule has 1 saturated heterocycles. The third-order valence-electron chi connectivity index (χ3n) is 6.99. The van der Waals surface area contributed by atoms with Gasteiger partial charge in [-0.2, -0.15) is 13.2 Å². The van der Waals surface area contributed by atoms with E-state index in [9.17, 15) is 22.4 Å². The van der Waals surface area contributed by atoms with Crippen LogP contribution in [0.2, 0.25) is 5.02 Å². The Labute approximate surface area is 244 Å². The van der Waals surface area contributed by atoms with E-state index in [1.54, 1.807) is 12.1 Å². The van der Waals surface area contributed by atoms with Gasteiger partial charge in [0, 0.05) is 25.2 Å². The predicted octanol–water partition coefficient (Wildman–Crippen LogP) is 7.00. The van der Waals surface area contributed by atoms with E-state index in [2.05, 4.69) is 10.2 Å². The summed E-state index contributed by atoms with van der Waals surface area (Å²) in [4.78, 5) is 15.0. The number of rotatable bonds is 12. The molecule has 1 N–H and O–H groups in total. The smallest absolute Gasteiger partial charge is 0.419 e. The SMILES string of the molecule is CCCCN(Cc1cccc(F)c1Cl)c1nnc(-c2ccc(OCCN3CCC(C(=O)O)CC3)c(C(F)(F)F)c2)s1. The zero-order chi connectivity index (χ0) is 29.6. The quantitative estimate of drug-likeness (QED) is 0.220. The maximum absolute atomic E-state index is 14.0. The first-order chi connectivity index (χ1) is 19.6. The number of likely N-dealkylation sites (tertiary alicyclic amines) is 1. The number of aliphatic carboxylic acids is 1. The van der Waals surface area contributed by atoms with Crippen molar-refractivity contribution in [2.45, 2.75) is 45.3 Å². The molecule has 0 atom stereocenters. The number of unbranched alkanes of at least 4 members (excludes halogenated alkanes) is 1. The van der Waals surface area contributed by atoms with Crippen molar-refractivity contribution in [1.82, 2.24) is 15.1 Å². The number of aromatic nitrogens is 2. The predicted molar refractivity (Wildman–Crippen MR) is 150 cm³/mol. The van der Waals surface area contributed by atoms with Gasteiger partial charge in [0.2, 0.25) is 5.13 Å². The molecular weight excluding hydrogens is 584 g/mol. The van der Waals surface area contributed by atoms with Gasteiger partial charge in [0.25, 0.3) is 0 Å². The van der Waals surface area contributed by atoms with Gasteiger partial charge in [-0.3, -0.25) is 9.69 Å². The van der Waals surface area contributed by atoms with E-state index >= 15 is 0 Å². The van der Waals surface area contributed by atoms with Crippen molar-refractivity contribution in [3.8, 4) is 16.3 Å². The van der Waals surface area contributed by atoms with Crippen molar-refractivity contribution in [3.63, 3.8) is 0 Å². The lowest BCUT2D eigenvalue weighted by Gasteiger charge is -2.29. The van der Waals surface area contributed by atoms with E-state index in [0.29, 0.717) is 54.7 Å². The van der Waals surface area contributed by atoms with Gasteiger partial charge < -0.3 is 14.7 Å². The minimum atomic E-state index is -4.65. The van der Waals surface area contributed by atoms with Crippen molar-refractivity contribution in [3.05, 3.63) is 58.4 Å². The number of anilines is 1. The highest BCUT2D eigenvalue weighted by molar-refractivity contribution is 7.18. The molecule has 41 heavy (non-hydrogen) atoms. The number of halogens is 5. The number of carboxylic acids is 1. The monoisotopic (exact) mass is 614 g/mol. The average molecular weight is 615 g/mol. The number of nitrogens with zero attached hydrogens (tertiary/aromatic N) is 4. The fourth-order valence-electron chi connectivity index (χ4n) is 4.63. The third kappa shape index (κ3) is 8.08. The minimum absolute atomic E-state index is 0.0221. The van der Waals surface area contributed by atoms with Crippen molar-refractivity contribution >= 4 is 34.0 Å². The number of alkyl halides is 3. The second kappa shape index (κ2) is 13.8. The van der Waals surface area contributed by atoms with Crippen LogP contribution in [0.4, 0.5) is 22.7 Å². The molecule has 7 nitrogen and oxygen atoms in total. The Hall–Kier alpha value is -2.96. The number of benzene rings is 2. The normalized spacial score (nSPS) is 14.8. The molecule has 3 aromatic rings. The van der Waals surface area contributed by atoms with Crippen LogP contribution in [0, 0.1) is 11.7 Å². The van der Waals surface area contributed by atoms with Crippen molar-refractivity contribution in [1.29, 1.82) is 0 Å². The molecule has 4 rings (SSSR count). The molecule has 2 aromatic carbocycles. The number of hydrogen-bond acceptors (Lipinski definition) is 7. The van der Waals surface area contributed by atoms with Gasteiger partial charge in [-0.25, -0.2) is 4.39 Å². The lowest BCUT2D eigenvalue weighted by Crippen LogP contribution is -2.38. The molecule has 0 unspecified atom stereocenters. The Bertz CT molecular complexity index is 1330. The summed E-state index contributed by atoms with van der Waals surface area (Å²) >= 11 is 7.30. The first-order valence-electron chi connectivity index (χ1n) is 13.4. The fourth-order valence-corrected chi connectivity index (χ4v) is 5.68. The molecule has 2 heterocycles. The van der Waals surface area contributed by atoms with E-state index in [4.69, 9.17) is 21.4 Å². The van der Waals surface area contributed by atoms with Gasteiger partial charge in [-0.1, -0.05) is 48.4 Å². The summed E-state index contributed by atoms with van der Waals surface area (Å²) in [6, 6.07) is 8.39. The molecule has 222 valence electrons. The van der Waals surface area contributed by atoms with Crippen LogP contribution in [-0.4, -0.2) is 59.0 Å². The molecule has 0 amide bonds.